The van der Waals surface area contributed by atoms with Crippen molar-refractivity contribution < 1.29 is 14.3 Å². The first kappa shape index (κ1) is 26.8. The van der Waals surface area contributed by atoms with Gasteiger partial charge in [-0.1, -0.05) is 12.1 Å². The maximum atomic E-state index is 13.7. The number of rotatable bonds is 7. The van der Waals surface area contributed by atoms with E-state index < -0.39 is 5.91 Å². The molecule has 2 saturated carbocycles. The van der Waals surface area contributed by atoms with Crippen LogP contribution < -0.4 is 16.2 Å². The molecule has 0 spiro atoms. The second kappa shape index (κ2) is 9.88. The summed E-state index contributed by atoms with van der Waals surface area (Å²) in [6.45, 7) is 1.59. The molecule has 0 radical (unpaired) electrons. The maximum absolute atomic E-state index is 13.7. The standard InChI is InChI=1S/C33H34N8O3/c1-39-29-23(9-21(12-27(29)44-2)33(43)41-16-20-7-8-24(41)28(20)34)38-32(39)26-11-19-6-5-18(10-25(19)40(26)15-17-3-4-17)22-13-36-31(30(35)42)37-14-22/h5-6,9-14,17,20,24,28H,3-4,7-8,15-16,34H2,1-2H3,(H2,35,42). The van der Waals surface area contributed by atoms with E-state index in [0.29, 0.717) is 29.7 Å². The number of hydrogen-bond donors (Lipinski definition) is 2. The molecule has 3 atom stereocenters. The lowest BCUT2D eigenvalue weighted by Gasteiger charge is -2.27. The number of aromatic nitrogens is 5. The predicted molar refractivity (Wildman–Crippen MR) is 166 cm³/mol. The van der Waals surface area contributed by atoms with Gasteiger partial charge in [0.15, 0.2) is 5.82 Å². The summed E-state index contributed by atoms with van der Waals surface area (Å²) in [6.07, 6.45) is 7.70. The number of nitrogens with two attached hydrogens (primary N) is 2. The van der Waals surface area contributed by atoms with Gasteiger partial charge in [-0.2, -0.15) is 0 Å². The molecule has 3 aliphatic rings. The van der Waals surface area contributed by atoms with Crippen LogP contribution in [0.15, 0.2) is 48.8 Å². The maximum Gasteiger partial charge on any atom is 0.286 e. The number of fused-ring (bicyclic) bond motifs is 4. The third kappa shape index (κ3) is 4.17. The molecular formula is C33H34N8O3. The molecule has 44 heavy (non-hydrogen) atoms. The fourth-order valence-corrected chi connectivity index (χ4v) is 7.25. The number of benzene rings is 2. The molecule has 2 aromatic carbocycles. The zero-order chi connectivity index (χ0) is 30.3. The van der Waals surface area contributed by atoms with Gasteiger partial charge in [0.1, 0.15) is 11.3 Å². The molecule has 224 valence electrons. The molecular weight excluding hydrogens is 556 g/mol. The average Bonchev–Trinajstić information content (AvgIpc) is 3.44. The molecule has 1 aliphatic heterocycles. The average molecular weight is 591 g/mol. The number of imidazole rings is 1. The Morgan fingerprint density at radius 1 is 1.02 bits per heavy atom. The summed E-state index contributed by atoms with van der Waals surface area (Å²) in [5.74, 6) is 1.74. The van der Waals surface area contributed by atoms with E-state index in [0.717, 1.165) is 64.0 Å². The lowest BCUT2D eigenvalue weighted by Crippen LogP contribution is -2.41. The van der Waals surface area contributed by atoms with Crippen LogP contribution in [0.1, 0.15) is 46.7 Å². The van der Waals surface area contributed by atoms with Crippen LogP contribution in [0.2, 0.25) is 0 Å². The van der Waals surface area contributed by atoms with E-state index in [1.54, 1.807) is 19.5 Å². The Hall–Kier alpha value is -4.77. The van der Waals surface area contributed by atoms with Crippen LogP contribution in [-0.4, -0.2) is 66.5 Å². The number of ether oxygens (including phenoxy) is 1. The second-order valence-electron chi connectivity index (χ2n) is 12.5. The smallest absolute Gasteiger partial charge is 0.286 e. The largest absolute Gasteiger partial charge is 0.494 e. The Morgan fingerprint density at radius 2 is 1.82 bits per heavy atom. The van der Waals surface area contributed by atoms with E-state index in [9.17, 15) is 9.59 Å². The number of piperidine rings is 1. The molecule has 11 nitrogen and oxygen atoms in total. The monoisotopic (exact) mass is 590 g/mol. The van der Waals surface area contributed by atoms with Crippen LogP contribution in [-0.2, 0) is 13.6 Å². The van der Waals surface area contributed by atoms with Gasteiger partial charge >= 0.3 is 0 Å². The van der Waals surface area contributed by atoms with Crippen LogP contribution in [0, 0.1) is 11.8 Å². The zero-order valence-corrected chi connectivity index (χ0v) is 24.7. The van der Waals surface area contributed by atoms with Gasteiger partial charge in [-0.15, -0.1) is 0 Å². The lowest BCUT2D eigenvalue weighted by atomic mass is 10.1. The number of nitrogens with zero attached hydrogens (tertiary/aromatic N) is 6. The minimum Gasteiger partial charge on any atom is -0.494 e. The summed E-state index contributed by atoms with van der Waals surface area (Å²) in [5.41, 5.74) is 17.7. The molecule has 4 heterocycles. The van der Waals surface area contributed by atoms with Crippen LogP contribution in [0.25, 0.3) is 44.6 Å². The number of aryl methyl sites for hydroxylation is 1. The Morgan fingerprint density at radius 3 is 2.48 bits per heavy atom. The van der Waals surface area contributed by atoms with E-state index >= 15 is 0 Å². The highest BCUT2D eigenvalue weighted by Gasteiger charge is 2.47. The number of likely N-dealkylation sites (tertiary alicyclic amines) is 1. The van der Waals surface area contributed by atoms with Gasteiger partial charge in [0, 0.05) is 66.6 Å². The number of methoxy groups -OCH3 is 1. The number of hydrogen-bond acceptors (Lipinski definition) is 7. The zero-order valence-electron chi connectivity index (χ0n) is 24.7. The highest BCUT2D eigenvalue weighted by molar-refractivity contribution is 6.00. The van der Waals surface area contributed by atoms with E-state index in [1.165, 1.54) is 12.8 Å². The SMILES string of the molecule is COc1cc(C(=O)N2CC3CCC2C3N)cc2nc(-c3cc4ccc(-c5cnc(C(N)=O)nc5)cc4n3CC3CC3)n(C)c12. The third-order valence-corrected chi connectivity index (χ3v) is 9.79. The molecule has 2 amide bonds. The number of carbonyl (C=O) groups excluding carboxylic acids is 2. The first-order valence-corrected chi connectivity index (χ1v) is 15.2. The minimum atomic E-state index is -0.655. The van der Waals surface area contributed by atoms with Crippen LogP contribution in [0.4, 0.5) is 0 Å². The molecule has 5 aromatic rings. The van der Waals surface area contributed by atoms with Crippen molar-refractivity contribution in [2.45, 2.75) is 44.3 Å². The molecule has 3 aromatic heterocycles. The van der Waals surface area contributed by atoms with Crippen LogP contribution in [0.3, 0.4) is 0 Å². The molecule has 11 heteroatoms. The van der Waals surface area contributed by atoms with Crippen molar-refractivity contribution in [3.8, 4) is 28.4 Å². The van der Waals surface area contributed by atoms with Crippen molar-refractivity contribution >= 4 is 33.8 Å². The van der Waals surface area contributed by atoms with Crippen molar-refractivity contribution in [2.24, 2.45) is 30.4 Å². The van der Waals surface area contributed by atoms with E-state index in [-0.39, 0.29) is 23.8 Å². The quantitative estimate of drug-likeness (QED) is 0.294. The van der Waals surface area contributed by atoms with Gasteiger partial charge in [0.2, 0.25) is 5.82 Å². The Balaban J connectivity index is 1.22. The van der Waals surface area contributed by atoms with Gasteiger partial charge in [0.05, 0.1) is 18.3 Å². The number of amides is 2. The molecule has 2 bridgehead atoms. The van der Waals surface area contributed by atoms with Gasteiger partial charge < -0.3 is 30.2 Å². The summed E-state index contributed by atoms with van der Waals surface area (Å²) < 4.78 is 10.2. The van der Waals surface area contributed by atoms with Gasteiger partial charge in [-0.05, 0) is 67.3 Å². The number of primary amides is 1. The van der Waals surface area contributed by atoms with Crippen LogP contribution >= 0.6 is 0 Å². The summed E-state index contributed by atoms with van der Waals surface area (Å²) in [5, 5.41) is 1.09. The van der Waals surface area contributed by atoms with E-state index in [2.05, 4.69) is 37.3 Å². The van der Waals surface area contributed by atoms with Gasteiger partial charge in [-0.3, -0.25) is 9.59 Å². The third-order valence-electron chi connectivity index (χ3n) is 9.79. The first-order valence-electron chi connectivity index (χ1n) is 15.2. The summed E-state index contributed by atoms with van der Waals surface area (Å²) >= 11 is 0. The summed E-state index contributed by atoms with van der Waals surface area (Å²) in [6, 6.07) is 12.3. The Kier molecular flexibility index (Phi) is 6.02. The van der Waals surface area contributed by atoms with Gasteiger partial charge in [0.25, 0.3) is 11.8 Å². The predicted octanol–water partition coefficient (Wildman–Crippen LogP) is 3.73. The number of carbonyl (C=O) groups is 2. The van der Waals surface area contributed by atoms with Crippen molar-refractivity contribution in [1.29, 1.82) is 0 Å². The summed E-state index contributed by atoms with van der Waals surface area (Å²) in [7, 11) is 3.63. The highest BCUT2D eigenvalue weighted by Crippen LogP contribution is 2.40. The molecule has 2 aliphatic carbocycles. The normalized spacial score (nSPS) is 21.1. The molecule has 4 N–H and O–H groups in total. The molecule has 3 unspecified atom stereocenters. The first-order chi connectivity index (χ1) is 21.3. The summed E-state index contributed by atoms with van der Waals surface area (Å²) in [4.78, 5) is 40.5. The molecule has 1 saturated heterocycles. The van der Waals surface area contributed by atoms with E-state index in [1.807, 2.05) is 30.1 Å². The van der Waals surface area contributed by atoms with Crippen molar-refractivity contribution in [3.05, 3.63) is 60.2 Å². The fraction of sp³-hybridized carbons (Fsp3) is 0.364. The van der Waals surface area contributed by atoms with Crippen molar-refractivity contribution in [1.82, 2.24) is 29.0 Å². The van der Waals surface area contributed by atoms with Crippen molar-refractivity contribution in [3.63, 3.8) is 0 Å². The Labute approximate surface area is 253 Å². The minimum absolute atomic E-state index is 0.00686. The van der Waals surface area contributed by atoms with Gasteiger partial charge in [-0.25, -0.2) is 15.0 Å². The van der Waals surface area contributed by atoms with Crippen LogP contribution in [0.5, 0.6) is 5.75 Å². The van der Waals surface area contributed by atoms with Crippen molar-refractivity contribution in [2.75, 3.05) is 13.7 Å². The molecule has 8 rings (SSSR count). The second-order valence-corrected chi connectivity index (χ2v) is 12.5. The molecule has 3 fully saturated rings. The topological polar surface area (TPSA) is 147 Å². The Bertz CT molecular complexity index is 1970. The fourth-order valence-electron chi connectivity index (χ4n) is 7.25. The van der Waals surface area contributed by atoms with E-state index in [4.69, 9.17) is 21.2 Å². The lowest BCUT2D eigenvalue weighted by molar-refractivity contribution is 0.0700. The highest BCUT2D eigenvalue weighted by atomic mass is 16.5.